The topological polar surface area (TPSA) is 21.3 Å². The Labute approximate surface area is 96.3 Å². The molecule has 0 aromatic heterocycles. The van der Waals surface area contributed by atoms with Gasteiger partial charge >= 0.3 is 6.18 Å². The fourth-order valence-corrected chi connectivity index (χ4v) is 1.22. The SMILES string of the molecule is Cc1ccc(CNOCC(F)(F)F)cc1Cl. The van der Waals surface area contributed by atoms with Crippen molar-refractivity contribution in [2.45, 2.75) is 19.6 Å². The van der Waals surface area contributed by atoms with Crippen molar-refractivity contribution >= 4 is 11.6 Å². The number of alkyl halides is 3. The van der Waals surface area contributed by atoms with Crippen LogP contribution in [-0.2, 0) is 11.4 Å². The predicted molar refractivity (Wildman–Crippen MR) is 55.0 cm³/mol. The number of rotatable bonds is 4. The van der Waals surface area contributed by atoms with Crippen LogP contribution in [0.4, 0.5) is 13.2 Å². The molecule has 1 aromatic rings. The molecule has 90 valence electrons. The Hall–Kier alpha value is -0.780. The van der Waals surface area contributed by atoms with Gasteiger partial charge in [0.15, 0.2) is 6.61 Å². The van der Waals surface area contributed by atoms with Crippen molar-refractivity contribution in [1.82, 2.24) is 5.48 Å². The first-order valence-corrected chi connectivity index (χ1v) is 4.93. The second-order valence-electron chi connectivity index (χ2n) is 3.31. The van der Waals surface area contributed by atoms with E-state index in [2.05, 4.69) is 10.3 Å². The number of hydroxylamine groups is 1. The largest absolute Gasteiger partial charge is 0.413 e. The highest BCUT2D eigenvalue weighted by atomic mass is 35.5. The molecule has 0 bridgehead atoms. The number of nitrogens with one attached hydrogen (secondary N) is 1. The van der Waals surface area contributed by atoms with Crippen LogP contribution in [0.2, 0.25) is 5.02 Å². The quantitative estimate of drug-likeness (QED) is 0.657. The Morgan fingerprint density at radius 3 is 2.62 bits per heavy atom. The van der Waals surface area contributed by atoms with Gasteiger partial charge in [0.05, 0.1) is 0 Å². The van der Waals surface area contributed by atoms with Crippen LogP contribution in [0.1, 0.15) is 11.1 Å². The third-order valence-electron chi connectivity index (χ3n) is 1.85. The van der Waals surface area contributed by atoms with Gasteiger partial charge in [-0.3, -0.25) is 4.84 Å². The van der Waals surface area contributed by atoms with Crippen LogP contribution in [-0.4, -0.2) is 12.8 Å². The first kappa shape index (κ1) is 13.3. The summed E-state index contributed by atoms with van der Waals surface area (Å²) in [4.78, 5) is 4.25. The molecule has 0 radical (unpaired) electrons. The molecule has 0 spiro atoms. The average molecular weight is 254 g/mol. The molecular formula is C10H11ClF3NO. The van der Waals surface area contributed by atoms with E-state index in [1.807, 2.05) is 6.92 Å². The first-order chi connectivity index (χ1) is 7.38. The van der Waals surface area contributed by atoms with Crippen molar-refractivity contribution in [2.75, 3.05) is 6.61 Å². The summed E-state index contributed by atoms with van der Waals surface area (Å²) in [6, 6.07) is 5.25. The summed E-state index contributed by atoms with van der Waals surface area (Å²) in [5, 5.41) is 0.579. The van der Waals surface area contributed by atoms with Crippen molar-refractivity contribution in [2.24, 2.45) is 0 Å². The van der Waals surface area contributed by atoms with Crippen LogP contribution in [0.3, 0.4) is 0 Å². The van der Waals surface area contributed by atoms with Crippen LogP contribution in [0.15, 0.2) is 18.2 Å². The fraction of sp³-hybridized carbons (Fsp3) is 0.400. The van der Waals surface area contributed by atoms with E-state index in [4.69, 9.17) is 11.6 Å². The molecule has 0 atom stereocenters. The normalized spacial score (nSPS) is 11.8. The van der Waals surface area contributed by atoms with Crippen molar-refractivity contribution in [3.05, 3.63) is 34.3 Å². The molecule has 0 saturated heterocycles. The minimum absolute atomic E-state index is 0.177. The lowest BCUT2D eigenvalue weighted by Crippen LogP contribution is -2.24. The highest BCUT2D eigenvalue weighted by Gasteiger charge is 2.27. The molecule has 1 rings (SSSR count). The number of hydrogen-bond acceptors (Lipinski definition) is 2. The van der Waals surface area contributed by atoms with E-state index in [1.54, 1.807) is 18.2 Å². The molecule has 0 aliphatic heterocycles. The zero-order valence-corrected chi connectivity index (χ0v) is 9.32. The van der Waals surface area contributed by atoms with E-state index in [1.165, 1.54) is 0 Å². The van der Waals surface area contributed by atoms with Crippen LogP contribution in [0, 0.1) is 6.92 Å². The molecule has 0 amide bonds. The van der Waals surface area contributed by atoms with Gasteiger partial charge in [-0.05, 0) is 24.1 Å². The van der Waals surface area contributed by atoms with E-state index < -0.39 is 12.8 Å². The molecular weight excluding hydrogens is 243 g/mol. The number of hydrogen-bond donors (Lipinski definition) is 1. The van der Waals surface area contributed by atoms with Gasteiger partial charge in [-0.25, -0.2) is 0 Å². The van der Waals surface area contributed by atoms with Crippen molar-refractivity contribution < 1.29 is 18.0 Å². The van der Waals surface area contributed by atoms with Gasteiger partial charge in [0, 0.05) is 11.6 Å². The van der Waals surface area contributed by atoms with E-state index >= 15 is 0 Å². The maximum Gasteiger partial charge on any atom is 0.413 e. The average Bonchev–Trinajstić information content (AvgIpc) is 2.17. The summed E-state index contributed by atoms with van der Waals surface area (Å²) < 4.78 is 35.1. The number of benzene rings is 1. The van der Waals surface area contributed by atoms with E-state index in [9.17, 15) is 13.2 Å². The Morgan fingerprint density at radius 1 is 1.38 bits per heavy atom. The van der Waals surface area contributed by atoms with Gasteiger partial charge in [0.25, 0.3) is 0 Å². The van der Waals surface area contributed by atoms with Crippen molar-refractivity contribution in [3.63, 3.8) is 0 Å². The second-order valence-corrected chi connectivity index (χ2v) is 3.72. The molecule has 1 N–H and O–H groups in total. The Balaban J connectivity index is 2.35. The third-order valence-corrected chi connectivity index (χ3v) is 2.26. The molecule has 0 unspecified atom stereocenters. The molecule has 0 fully saturated rings. The Kier molecular flexibility index (Phi) is 4.58. The maximum atomic E-state index is 11.7. The molecule has 6 heteroatoms. The Bertz CT molecular complexity index is 354. The summed E-state index contributed by atoms with van der Waals surface area (Å²) >= 11 is 5.85. The second kappa shape index (κ2) is 5.52. The zero-order chi connectivity index (χ0) is 12.2. The van der Waals surface area contributed by atoms with Crippen LogP contribution < -0.4 is 5.48 Å². The van der Waals surface area contributed by atoms with Gasteiger partial charge in [-0.15, -0.1) is 0 Å². The summed E-state index contributed by atoms with van der Waals surface area (Å²) in [5.74, 6) is 0. The maximum absolute atomic E-state index is 11.7. The minimum Gasteiger partial charge on any atom is -0.292 e. The van der Waals surface area contributed by atoms with Crippen LogP contribution >= 0.6 is 11.6 Å². The summed E-state index contributed by atoms with van der Waals surface area (Å²) in [7, 11) is 0. The standard InChI is InChI=1S/C10H11ClF3NO/c1-7-2-3-8(4-9(7)11)5-15-16-6-10(12,13)14/h2-4,15H,5-6H2,1H3. The van der Waals surface area contributed by atoms with E-state index in [-0.39, 0.29) is 6.54 Å². The molecule has 0 aliphatic rings. The molecule has 0 aliphatic carbocycles. The van der Waals surface area contributed by atoms with Crippen LogP contribution in [0.5, 0.6) is 0 Å². The zero-order valence-electron chi connectivity index (χ0n) is 8.57. The van der Waals surface area contributed by atoms with Gasteiger partial charge in [0.2, 0.25) is 0 Å². The molecule has 0 heterocycles. The number of halogens is 4. The van der Waals surface area contributed by atoms with Crippen molar-refractivity contribution in [1.29, 1.82) is 0 Å². The lowest BCUT2D eigenvalue weighted by Gasteiger charge is -2.09. The minimum atomic E-state index is -4.32. The molecule has 2 nitrogen and oxygen atoms in total. The van der Waals surface area contributed by atoms with E-state index in [0.29, 0.717) is 5.02 Å². The molecule has 0 saturated carbocycles. The lowest BCUT2D eigenvalue weighted by atomic mass is 10.1. The number of aryl methyl sites for hydroxylation is 1. The van der Waals surface area contributed by atoms with Gasteiger partial charge in [0.1, 0.15) is 0 Å². The first-order valence-electron chi connectivity index (χ1n) is 4.55. The fourth-order valence-electron chi connectivity index (χ4n) is 1.01. The van der Waals surface area contributed by atoms with Gasteiger partial charge in [-0.1, -0.05) is 23.7 Å². The van der Waals surface area contributed by atoms with Gasteiger partial charge in [-0.2, -0.15) is 18.7 Å². The third kappa shape index (κ3) is 4.83. The predicted octanol–water partition coefficient (Wildman–Crippen LogP) is 3.23. The lowest BCUT2D eigenvalue weighted by molar-refractivity contribution is -0.190. The van der Waals surface area contributed by atoms with Crippen LogP contribution in [0.25, 0.3) is 0 Å². The summed E-state index contributed by atoms with van der Waals surface area (Å²) in [6.45, 7) is 0.711. The van der Waals surface area contributed by atoms with Crippen molar-refractivity contribution in [3.8, 4) is 0 Å². The smallest absolute Gasteiger partial charge is 0.292 e. The summed E-state index contributed by atoms with van der Waals surface area (Å²) in [6.07, 6.45) is -4.32. The van der Waals surface area contributed by atoms with E-state index in [0.717, 1.165) is 11.1 Å². The molecule has 16 heavy (non-hydrogen) atoms. The Morgan fingerprint density at radius 2 is 2.06 bits per heavy atom. The molecule has 1 aromatic carbocycles. The highest BCUT2D eigenvalue weighted by Crippen LogP contribution is 2.17. The van der Waals surface area contributed by atoms with Gasteiger partial charge < -0.3 is 0 Å². The monoisotopic (exact) mass is 253 g/mol. The summed E-state index contributed by atoms with van der Waals surface area (Å²) in [5.41, 5.74) is 3.91. The highest BCUT2D eigenvalue weighted by molar-refractivity contribution is 6.31.